The Bertz CT molecular complexity index is 942. The summed E-state index contributed by atoms with van der Waals surface area (Å²) in [5, 5.41) is 13.4. The minimum absolute atomic E-state index is 0.319. The van der Waals surface area contributed by atoms with Gasteiger partial charge in [-0.15, -0.1) is 0 Å². The molecule has 2 aromatic heterocycles. The van der Waals surface area contributed by atoms with Gasteiger partial charge in [0.2, 0.25) is 0 Å². The average Bonchev–Trinajstić information content (AvgIpc) is 2.97. The molecule has 0 spiro atoms. The van der Waals surface area contributed by atoms with E-state index in [1.807, 2.05) is 51.1 Å². The lowest BCUT2D eigenvalue weighted by atomic mass is 9.92. The van der Waals surface area contributed by atoms with Crippen molar-refractivity contribution in [2.45, 2.75) is 26.3 Å². The van der Waals surface area contributed by atoms with Crippen LogP contribution in [-0.4, -0.2) is 21.2 Å². The number of rotatable bonds is 4. The largest absolute Gasteiger partial charge is 0.329 e. The van der Waals surface area contributed by atoms with E-state index < -0.39 is 5.54 Å². The van der Waals surface area contributed by atoms with Crippen LogP contribution >= 0.6 is 0 Å². The smallest absolute Gasteiger partial charge is 0.321 e. The lowest BCUT2D eigenvalue weighted by Crippen LogP contribution is -2.43. The van der Waals surface area contributed by atoms with Crippen LogP contribution in [0.15, 0.2) is 49.2 Å². The molecular weight excluding hydrogens is 314 g/mol. The third-order valence-electron chi connectivity index (χ3n) is 4.07. The van der Waals surface area contributed by atoms with Crippen molar-refractivity contribution in [1.82, 2.24) is 20.5 Å². The van der Waals surface area contributed by atoms with Crippen molar-refractivity contribution in [3.8, 4) is 0 Å². The molecule has 0 aliphatic heterocycles. The van der Waals surface area contributed by atoms with Crippen LogP contribution in [0.4, 0.5) is 10.6 Å². The van der Waals surface area contributed by atoms with Crippen molar-refractivity contribution in [3.63, 3.8) is 0 Å². The van der Waals surface area contributed by atoms with Gasteiger partial charge in [0.15, 0.2) is 5.65 Å². The molecule has 128 valence electrons. The highest BCUT2D eigenvalue weighted by atomic mass is 16.2. The Morgan fingerprint density at radius 1 is 1.24 bits per heavy atom. The molecule has 0 saturated heterocycles. The van der Waals surface area contributed by atoms with Crippen molar-refractivity contribution in [3.05, 3.63) is 60.3 Å². The molecule has 6 heteroatoms. The standard InChI is InChI=1S/C19H21N5O/c1-12(2)13-7-5-8-14(11-13)19(3,4)22-18(25)21-17-15-9-6-10-20-16(15)23-24-17/h5-11H,1H2,2-4H3,(H3,20,21,22,23,24,25). The van der Waals surface area contributed by atoms with Crippen LogP contribution in [0.2, 0.25) is 0 Å². The molecule has 1 aromatic carbocycles. The summed E-state index contributed by atoms with van der Waals surface area (Å²) in [5.41, 5.74) is 3.05. The minimum Gasteiger partial charge on any atom is -0.329 e. The normalized spacial score (nSPS) is 11.3. The third kappa shape index (κ3) is 3.52. The molecule has 3 rings (SSSR count). The van der Waals surface area contributed by atoms with Crippen molar-refractivity contribution in [2.24, 2.45) is 0 Å². The van der Waals surface area contributed by atoms with Gasteiger partial charge in [-0.1, -0.05) is 30.4 Å². The van der Waals surface area contributed by atoms with E-state index >= 15 is 0 Å². The van der Waals surface area contributed by atoms with Crippen molar-refractivity contribution in [2.75, 3.05) is 5.32 Å². The summed E-state index contributed by atoms with van der Waals surface area (Å²) < 4.78 is 0. The maximum atomic E-state index is 12.5. The molecule has 6 nitrogen and oxygen atoms in total. The molecule has 2 heterocycles. The first kappa shape index (κ1) is 16.7. The van der Waals surface area contributed by atoms with Crippen LogP contribution in [0.1, 0.15) is 31.9 Å². The second-order valence-corrected chi connectivity index (χ2v) is 6.54. The van der Waals surface area contributed by atoms with Crippen LogP contribution in [0.25, 0.3) is 16.6 Å². The topological polar surface area (TPSA) is 82.7 Å². The number of carbonyl (C=O) groups excluding carboxylic acids is 1. The fourth-order valence-corrected chi connectivity index (χ4v) is 2.62. The van der Waals surface area contributed by atoms with E-state index in [4.69, 9.17) is 0 Å². The Kier molecular flexibility index (Phi) is 4.27. The van der Waals surface area contributed by atoms with Gasteiger partial charge in [-0.2, -0.15) is 5.10 Å². The molecule has 25 heavy (non-hydrogen) atoms. The fraction of sp³-hybridized carbons (Fsp3) is 0.211. The lowest BCUT2D eigenvalue weighted by molar-refractivity contribution is 0.242. The number of aromatic amines is 1. The Hall–Kier alpha value is -3.15. The van der Waals surface area contributed by atoms with E-state index in [2.05, 4.69) is 32.4 Å². The van der Waals surface area contributed by atoms with Gasteiger partial charge in [-0.05, 0) is 50.1 Å². The molecule has 2 amide bonds. The maximum Gasteiger partial charge on any atom is 0.321 e. The van der Waals surface area contributed by atoms with Gasteiger partial charge < -0.3 is 5.32 Å². The molecule has 0 radical (unpaired) electrons. The van der Waals surface area contributed by atoms with Crippen molar-refractivity contribution in [1.29, 1.82) is 0 Å². The van der Waals surface area contributed by atoms with Crippen molar-refractivity contribution >= 4 is 28.5 Å². The third-order valence-corrected chi connectivity index (χ3v) is 4.07. The van der Waals surface area contributed by atoms with E-state index in [0.717, 1.165) is 22.1 Å². The predicted octanol–water partition coefficient (Wildman–Crippen LogP) is 4.05. The molecule has 0 saturated carbocycles. The Labute approximate surface area is 146 Å². The van der Waals surface area contributed by atoms with Crippen LogP contribution in [0.3, 0.4) is 0 Å². The Morgan fingerprint density at radius 3 is 2.80 bits per heavy atom. The van der Waals surface area contributed by atoms with Gasteiger partial charge in [0, 0.05) is 6.20 Å². The van der Waals surface area contributed by atoms with Gasteiger partial charge in [0.1, 0.15) is 5.82 Å². The number of nitrogens with one attached hydrogen (secondary N) is 3. The van der Waals surface area contributed by atoms with Crippen LogP contribution in [0, 0.1) is 0 Å². The second-order valence-electron chi connectivity index (χ2n) is 6.54. The summed E-state index contributed by atoms with van der Waals surface area (Å²) in [7, 11) is 0. The van der Waals surface area contributed by atoms with Gasteiger partial charge in [-0.3, -0.25) is 10.4 Å². The first-order valence-corrected chi connectivity index (χ1v) is 8.01. The predicted molar refractivity (Wildman–Crippen MR) is 100 cm³/mol. The molecule has 0 fully saturated rings. The summed E-state index contributed by atoms with van der Waals surface area (Å²) in [5.74, 6) is 0.520. The number of aromatic nitrogens is 3. The van der Waals surface area contributed by atoms with E-state index in [1.165, 1.54) is 0 Å². The molecule has 3 N–H and O–H groups in total. The zero-order valence-electron chi connectivity index (χ0n) is 14.6. The monoisotopic (exact) mass is 335 g/mol. The van der Waals surface area contributed by atoms with Crippen molar-refractivity contribution < 1.29 is 4.79 Å². The van der Waals surface area contributed by atoms with Gasteiger partial charge in [-0.25, -0.2) is 9.78 Å². The number of carbonyl (C=O) groups is 1. The quantitative estimate of drug-likeness (QED) is 0.672. The number of H-pyrrole nitrogens is 1. The molecule has 0 unspecified atom stereocenters. The first-order valence-electron chi connectivity index (χ1n) is 8.01. The Balaban J connectivity index is 1.77. The summed E-state index contributed by atoms with van der Waals surface area (Å²) in [6, 6.07) is 11.3. The Morgan fingerprint density at radius 2 is 2.04 bits per heavy atom. The maximum absolute atomic E-state index is 12.5. The molecule has 0 aliphatic carbocycles. The lowest BCUT2D eigenvalue weighted by Gasteiger charge is -2.27. The van der Waals surface area contributed by atoms with Crippen LogP contribution in [-0.2, 0) is 5.54 Å². The number of fused-ring (bicyclic) bond motifs is 1. The molecule has 0 aliphatic rings. The highest BCUT2D eigenvalue weighted by Gasteiger charge is 2.23. The fourth-order valence-electron chi connectivity index (χ4n) is 2.62. The number of hydrogen-bond acceptors (Lipinski definition) is 3. The van der Waals surface area contributed by atoms with Gasteiger partial charge in [0.25, 0.3) is 0 Å². The summed E-state index contributed by atoms with van der Waals surface area (Å²) >= 11 is 0. The van der Waals surface area contributed by atoms with Gasteiger partial charge >= 0.3 is 6.03 Å². The number of pyridine rings is 1. The zero-order valence-corrected chi connectivity index (χ0v) is 14.6. The molecular formula is C19H21N5O. The number of benzene rings is 1. The molecule has 0 atom stereocenters. The van der Waals surface area contributed by atoms with E-state index in [1.54, 1.807) is 12.3 Å². The number of amides is 2. The summed E-state index contributed by atoms with van der Waals surface area (Å²) in [6.45, 7) is 9.84. The van der Waals surface area contributed by atoms with E-state index in [9.17, 15) is 4.79 Å². The van der Waals surface area contributed by atoms with Gasteiger partial charge in [0.05, 0.1) is 10.9 Å². The van der Waals surface area contributed by atoms with E-state index in [-0.39, 0.29) is 6.03 Å². The number of nitrogens with zero attached hydrogens (tertiary/aromatic N) is 2. The highest BCUT2D eigenvalue weighted by molar-refractivity contribution is 5.97. The summed E-state index contributed by atoms with van der Waals surface area (Å²) in [4.78, 5) is 16.6. The minimum atomic E-state index is -0.552. The van der Waals surface area contributed by atoms with E-state index in [0.29, 0.717) is 11.5 Å². The summed E-state index contributed by atoms with van der Waals surface area (Å²) in [6.07, 6.45) is 1.66. The SMILES string of the molecule is C=C(C)c1cccc(C(C)(C)NC(=O)Nc2[nH]nc3ncccc23)c1. The number of urea groups is 1. The highest BCUT2D eigenvalue weighted by Crippen LogP contribution is 2.24. The second kappa shape index (κ2) is 6.39. The number of allylic oxidation sites excluding steroid dienone is 1. The first-order chi connectivity index (χ1) is 11.9. The zero-order chi connectivity index (χ0) is 18.0. The van der Waals surface area contributed by atoms with Crippen LogP contribution in [0.5, 0.6) is 0 Å². The molecule has 0 bridgehead atoms. The average molecular weight is 335 g/mol. The molecule has 3 aromatic rings. The van der Waals surface area contributed by atoms with Crippen LogP contribution < -0.4 is 10.6 Å². The number of anilines is 1. The number of hydrogen-bond donors (Lipinski definition) is 3.